The van der Waals surface area contributed by atoms with Gasteiger partial charge in [-0.1, -0.05) is 30.3 Å². The van der Waals surface area contributed by atoms with E-state index >= 15 is 0 Å². The number of alkyl halides is 3. The third kappa shape index (κ3) is 5.08. The fourth-order valence-corrected chi connectivity index (χ4v) is 3.22. The Morgan fingerprint density at radius 3 is 2.36 bits per heavy atom. The minimum Gasteiger partial charge on any atom is -0.348 e. The van der Waals surface area contributed by atoms with E-state index in [2.05, 4.69) is 15.5 Å². The molecule has 0 radical (unpaired) electrons. The van der Waals surface area contributed by atoms with E-state index < -0.39 is 29.3 Å². The number of amides is 1. The number of carbonyl (C=O) groups is 1. The molecule has 4 nitrogen and oxygen atoms in total. The second-order valence-corrected chi connectivity index (χ2v) is 7.24. The zero-order chi connectivity index (χ0) is 23.6. The van der Waals surface area contributed by atoms with Gasteiger partial charge in [-0.05, 0) is 42.0 Å². The molecule has 168 valence electrons. The number of hydrogen-bond donors (Lipinski definition) is 2. The standard InChI is InChI=1S/C24H16F5N3O/c25-19-9-8-17(20(26)11-19)13-30-23(33)15-6-4-14(5-7-15)21-12-22(32-31-21)16-2-1-3-18(10-16)24(27,28)29/h1-12H,13H2,(H,30,33)(H,31,32). The highest BCUT2D eigenvalue weighted by Gasteiger charge is 2.30. The molecule has 1 heterocycles. The van der Waals surface area contributed by atoms with Crippen LogP contribution in [0.5, 0.6) is 0 Å². The van der Waals surface area contributed by atoms with Crippen molar-refractivity contribution in [3.63, 3.8) is 0 Å². The van der Waals surface area contributed by atoms with Gasteiger partial charge in [0.15, 0.2) is 0 Å². The van der Waals surface area contributed by atoms with Crippen LogP contribution in [-0.2, 0) is 12.7 Å². The Hall–Kier alpha value is -4.01. The van der Waals surface area contributed by atoms with Gasteiger partial charge in [0.2, 0.25) is 0 Å². The lowest BCUT2D eigenvalue weighted by atomic mass is 10.1. The molecule has 0 spiro atoms. The molecule has 0 atom stereocenters. The summed E-state index contributed by atoms with van der Waals surface area (Å²) in [4.78, 5) is 12.3. The summed E-state index contributed by atoms with van der Waals surface area (Å²) in [5, 5.41) is 9.43. The predicted octanol–water partition coefficient (Wildman–Crippen LogP) is 5.97. The first kappa shape index (κ1) is 22.2. The van der Waals surface area contributed by atoms with E-state index in [0.29, 0.717) is 28.1 Å². The molecule has 0 unspecified atom stereocenters. The second-order valence-electron chi connectivity index (χ2n) is 7.24. The largest absolute Gasteiger partial charge is 0.416 e. The van der Waals surface area contributed by atoms with Crippen LogP contribution in [0.4, 0.5) is 22.0 Å². The van der Waals surface area contributed by atoms with E-state index in [4.69, 9.17) is 0 Å². The molecular weight excluding hydrogens is 441 g/mol. The summed E-state index contributed by atoms with van der Waals surface area (Å²) in [5.41, 5.74) is 1.60. The van der Waals surface area contributed by atoms with Crippen LogP contribution in [0.15, 0.2) is 72.8 Å². The molecule has 0 aliphatic carbocycles. The highest BCUT2D eigenvalue weighted by atomic mass is 19.4. The summed E-state index contributed by atoms with van der Waals surface area (Å²) in [6, 6.07) is 16.0. The molecule has 4 aromatic rings. The van der Waals surface area contributed by atoms with Crippen LogP contribution in [0.25, 0.3) is 22.5 Å². The van der Waals surface area contributed by atoms with Gasteiger partial charge < -0.3 is 5.32 Å². The van der Waals surface area contributed by atoms with Crippen LogP contribution in [-0.4, -0.2) is 16.1 Å². The van der Waals surface area contributed by atoms with Gasteiger partial charge in [-0.2, -0.15) is 18.3 Å². The molecule has 0 aliphatic rings. The Balaban J connectivity index is 1.45. The number of halogens is 5. The van der Waals surface area contributed by atoms with Crippen LogP contribution in [0, 0.1) is 11.6 Å². The minimum absolute atomic E-state index is 0.104. The van der Waals surface area contributed by atoms with Crippen molar-refractivity contribution in [1.29, 1.82) is 0 Å². The molecule has 0 saturated carbocycles. The number of aromatic amines is 1. The molecular formula is C24H16F5N3O. The molecule has 0 aliphatic heterocycles. The van der Waals surface area contributed by atoms with Gasteiger partial charge in [0, 0.05) is 29.3 Å². The summed E-state index contributed by atoms with van der Waals surface area (Å²) in [7, 11) is 0. The van der Waals surface area contributed by atoms with Crippen LogP contribution in [0.2, 0.25) is 0 Å². The Morgan fingerprint density at radius 2 is 1.67 bits per heavy atom. The minimum atomic E-state index is -4.45. The van der Waals surface area contributed by atoms with Gasteiger partial charge in [-0.25, -0.2) is 8.78 Å². The Labute approximate surface area is 185 Å². The second kappa shape index (κ2) is 8.85. The van der Waals surface area contributed by atoms with E-state index in [9.17, 15) is 26.7 Å². The highest BCUT2D eigenvalue weighted by molar-refractivity contribution is 5.94. The quantitative estimate of drug-likeness (QED) is 0.363. The van der Waals surface area contributed by atoms with E-state index in [1.807, 2.05) is 0 Å². The van der Waals surface area contributed by atoms with Crippen molar-refractivity contribution in [2.45, 2.75) is 12.7 Å². The summed E-state index contributed by atoms with van der Waals surface area (Å²) in [5.74, 6) is -1.89. The zero-order valence-electron chi connectivity index (χ0n) is 16.9. The van der Waals surface area contributed by atoms with E-state index in [1.165, 1.54) is 18.2 Å². The lowest BCUT2D eigenvalue weighted by molar-refractivity contribution is -0.137. The number of aromatic nitrogens is 2. The van der Waals surface area contributed by atoms with Gasteiger partial charge in [-0.15, -0.1) is 0 Å². The highest BCUT2D eigenvalue weighted by Crippen LogP contribution is 2.32. The maximum absolute atomic E-state index is 13.7. The first-order valence-electron chi connectivity index (χ1n) is 9.76. The normalized spacial score (nSPS) is 11.4. The average Bonchev–Trinajstić information content (AvgIpc) is 3.28. The number of H-pyrrole nitrogens is 1. The van der Waals surface area contributed by atoms with E-state index in [-0.39, 0.29) is 12.1 Å². The molecule has 33 heavy (non-hydrogen) atoms. The summed E-state index contributed by atoms with van der Waals surface area (Å²) in [6.07, 6.45) is -4.45. The molecule has 1 aromatic heterocycles. The number of benzene rings is 3. The van der Waals surface area contributed by atoms with Gasteiger partial charge in [-0.3, -0.25) is 9.89 Å². The lowest BCUT2D eigenvalue weighted by Crippen LogP contribution is -2.23. The van der Waals surface area contributed by atoms with Crippen LogP contribution < -0.4 is 5.32 Å². The maximum Gasteiger partial charge on any atom is 0.416 e. The van der Waals surface area contributed by atoms with Crippen molar-refractivity contribution < 1.29 is 26.7 Å². The van der Waals surface area contributed by atoms with Crippen LogP contribution in [0.1, 0.15) is 21.5 Å². The van der Waals surface area contributed by atoms with Gasteiger partial charge in [0.1, 0.15) is 11.6 Å². The van der Waals surface area contributed by atoms with E-state index in [0.717, 1.165) is 24.3 Å². The van der Waals surface area contributed by atoms with Crippen molar-refractivity contribution in [1.82, 2.24) is 15.5 Å². The molecule has 0 fully saturated rings. The SMILES string of the molecule is O=C(NCc1ccc(F)cc1F)c1ccc(-c2cc(-c3cccc(C(F)(F)F)c3)n[nH]2)cc1. The fraction of sp³-hybridized carbons (Fsp3) is 0.0833. The third-order valence-corrected chi connectivity index (χ3v) is 4.98. The van der Waals surface area contributed by atoms with Crippen molar-refractivity contribution in [2.24, 2.45) is 0 Å². The monoisotopic (exact) mass is 457 g/mol. The number of hydrogen-bond acceptors (Lipinski definition) is 2. The van der Waals surface area contributed by atoms with Gasteiger partial charge >= 0.3 is 6.18 Å². The lowest BCUT2D eigenvalue weighted by Gasteiger charge is -2.07. The van der Waals surface area contributed by atoms with E-state index in [1.54, 1.807) is 30.3 Å². The zero-order valence-corrected chi connectivity index (χ0v) is 16.9. The Kier molecular flexibility index (Phi) is 5.95. The summed E-state index contributed by atoms with van der Waals surface area (Å²) < 4.78 is 65.5. The summed E-state index contributed by atoms with van der Waals surface area (Å²) >= 11 is 0. The molecule has 0 saturated heterocycles. The molecule has 3 aromatic carbocycles. The fourth-order valence-electron chi connectivity index (χ4n) is 3.22. The number of rotatable bonds is 5. The average molecular weight is 457 g/mol. The first-order chi connectivity index (χ1) is 15.7. The summed E-state index contributed by atoms with van der Waals surface area (Å²) in [6.45, 7) is -0.104. The molecule has 2 N–H and O–H groups in total. The Morgan fingerprint density at radius 1 is 0.909 bits per heavy atom. The molecule has 0 bridgehead atoms. The maximum atomic E-state index is 13.7. The number of carbonyl (C=O) groups excluding carboxylic acids is 1. The van der Waals surface area contributed by atoms with Crippen molar-refractivity contribution in [3.8, 4) is 22.5 Å². The van der Waals surface area contributed by atoms with Gasteiger partial charge in [0.25, 0.3) is 5.91 Å². The molecule has 4 rings (SSSR count). The molecule has 1 amide bonds. The topological polar surface area (TPSA) is 57.8 Å². The number of nitrogens with one attached hydrogen (secondary N) is 2. The smallest absolute Gasteiger partial charge is 0.348 e. The number of nitrogens with zero attached hydrogens (tertiary/aromatic N) is 1. The Bertz CT molecular complexity index is 1300. The first-order valence-corrected chi connectivity index (χ1v) is 9.76. The van der Waals surface area contributed by atoms with Crippen molar-refractivity contribution >= 4 is 5.91 Å². The van der Waals surface area contributed by atoms with Crippen LogP contribution in [0.3, 0.4) is 0 Å². The molecule has 9 heteroatoms. The van der Waals surface area contributed by atoms with Crippen molar-refractivity contribution in [2.75, 3.05) is 0 Å². The third-order valence-electron chi connectivity index (χ3n) is 4.98. The van der Waals surface area contributed by atoms with Crippen molar-refractivity contribution in [3.05, 3.63) is 101 Å². The predicted molar refractivity (Wildman–Crippen MR) is 112 cm³/mol. The van der Waals surface area contributed by atoms with Crippen LogP contribution >= 0.6 is 0 Å². The van der Waals surface area contributed by atoms with Gasteiger partial charge in [0.05, 0.1) is 17.0 Å².